The summed E-state index contributed by atoms with van der Waals surface area (Å²) in [6.45, 7) is 0. The fourth-order valence-electron chi connectivity index (χ4n) is 1.90. The van der Waals surface area contributed by atoms with Crippen molar-refractivity contribution in [2.24, 2.45) is 0 Å². The van der Waals surface area contributed by atoms with E-state index in [-0.39, 0.29) is 0 Å². The zero-order chi connectivity index (χ0) is 12.4. The molecule has 3 aromatic rings. The maximum atomic E-state index is 12.5. The number of fused-ring (bicyclic) bond motifs is 1. The highest BCUT2D eigenvalue weighted by molar-refractivity contribution is 7.85. The van der Waals surface area contributed by atoms with Crippen LogP contribution in [0.15, 0.2) is 76.7 Å². The van der Waals surface area contributed by atoms with Gasteiger partial charge in [0.15, 0.2) is 0 Å². The molecule has 0 aliphatic carbocycles. The van der Waals surface area contributed by atoms with Crippen LogP contribution in [0.2, 0.25) is 0 Å². The number of nitrogens with zero attached hydrogens (tertiary/aromatic N) is 1. The molecule has 3 heteroatoms. The average Bonchev–Trinajstić information content (AvgIpc) is 2.47. The predicted octanol–water partition coefficient (Wildman–Crippen LogP) is 3.40. The van der Waals surface area contributed by atoms with E-state index < -0.39 is 10.8 Å². The van der Waals surface area contributed by atoms with Crippen molar-refractivity contribution in [3.63, 3.8) is 0 Å². The van der Waals surface area contributed by atoms with Gasteiger partial charge in [0.25, 0.3) is 0 Å². The zero-order valence-electron chi connectivity index (χ0n) is 9.61. The molecule has 2 nitrogen and oxygen atoms in total. The largest absolute Gasteiger partial charge is 0.255 e. The summed E-state index contributed by atoms with van der Waals surface area (Å²) in [6.07, 6.45) is 1.73. The van der Waals surface area contributed by atoms with Gasteiger partial charge in [-0.05, 0) is 24.3 Å². The van der Waals surface area contributed by atoms with E-state index in [9.17, 15) is 4.21 Å². The molecule has 0 amide bonds. The highest BCUT2D eigenvalue weighted by atomic mass is 32.2. The second-order valence-corrected chi connectivity index (χ2v) is 5.36. The summed E-state index contributed by atoms with van der Waals surface area (Å²) >= 11 is 0. The minimum atomic E-state index is -1.18. The van der Waals surface area contributed by atoms with Gasteiger partial charge in [0.1, 0.15) is 0 Å². The summed E-state index contributed by atoms with van der Waals surface area (Å²) < 4.78 is 12.5. The highest BCUT2D eigenvalue weighted by Gasteiger charge is 2.10. The minimum Gasteiger partial charge on any atom is -0.255 e. The van der Waals surface area contributed by atoms with Gasteiger partial charge >= 0.3 is 0 Å². The van der Waals surface area contributed by atoms with Crippen molar-refractivity contribution in [2.75, 3.05) is 0 Å². The van der Waals surface area contributed by atoms with Gasteiger partial charge in [0, 0.05) is 16.5 Å². The van der Waals surface area contributed by atoms with E-state index in [1.54, 1.807) is 6.20 Å². The topological polar surface area (TPSA) is 30.0 Å². The summed E-state index contributed by atoms with van der Waals surface area (Å²) in [5, 5.41) is 1.01. The molecule has 1 aromatic heterocycles. The second-order valence-electron chi connectivity index (χ2n) is 3.91. The van der Waals surface area contributed by atoms with Gasteiger partial charge in [-0.2, -0.15) is 0 Å². The Labute approximate surface area is 108 Å². The molecule has 0 aliphatic heterocycles. The van der Waals surface area contributed by atoms with Crippen LogP contribution in [0.1, 0.15) is 0 Å². The summed E-state index contributed by atoms with van der Waals surface area (Å²) in [7, 11) is -1.18. The third-order valence-corrected chi connectivity index (χ3v) is 4.18. The van der Waals surface area contributed by atoms with Gasteiger partial charge in [-0.15, -0.1) is 0 Å². The lowest BCUT2D eigenvalue weighted by Gasteiger charge is -2.05. The molecule has 0 saturated heterocycles. The maximum absolute atomic E-state index is 12.5. The van der Waals surface area contributed by atoms with Gasteiger partial charge in [0.2, 0.25) is 0 Å². The summed E-state index contributed by atoms with van der Waals surface area (Å²) in [4.78, 5) is 5.90. The van der Waals surface area contributed by atoms with Crippen LogP contribution in [0.25, 0.3) is 10.9 Å². The number of hydrogen-bond acceptors (Lipinski definition) is 2. The van der Waals surface area contributed by atoms with Crippen LogP contribution in [-0.2, 0) is 10.8 Å². The molecule has 0 saturated carbocycles. The lowest BCUT2D eigenvalue weighted by atomic mass is 10.2. The Morgan fingerprint density at radius 3 is 2.44 bits per heavy atom. The molecule has 0 unspecified atom stereocenters. The maximum Gasteiger partial charge on any atom is 0.0871 e. The molecule has 0 spiro atoms. The van der Waals surface area contributed by atoms with Crippen LogP contribution in [0, 0.1) is 0 Å². The van der Waals surface area contributed by atoms with Gasteiger partial charge in [-0.3, -0.25) is 4.98 Å². The first-order valence-electron chi connectivity index (χ1n) is 5.67. The van der Waals surface area contributed by atoms with Crippen molar-refractivity contribution in [1.29, 1.82) is 0 Å². The molecule has 0 bridgehead atoms. The summed E-state index contributed by atoms with van der Waals surface area (Å²) in [5.41, 5.74) is 0.808. The molecule has 0 N–H and O–H groups in total. The van der Waals surface area contributed by atoms with Crippen molar-refractivity contribution >= 4 is 21.7 Å². The zero-order valence-corrected chi connectivity index (χ0v) is 10.4. The third kappa shape index (κ3) is 1.93. The van der Waals surface area contributed by atoms with Crippen LogP contribution >= 0.6 is 0 Å². The molecule has 1 atom stereocenters. The Morgan fingerprint density at radius 2 is 1.61 bits per heavy atom. The van der Waals surface area contributed by atoms with Gasteiger partial charge < -0.3 is 0 Å². The molecular formula is C15H11NOS. The van der Waals surface area contributed by atoms with E-state index in [4.69, 9.17) is 0 Å². The van der Waals surface area contributed by atoms with Crippen molar-refractivity contribution in [3.8, 4) is 0 Å². The number of aromatic nitrogens is 1. The Kier molecular flexibility index (Phi) is 2.90. The van der Waals surface area contributed by atoms with E-state index in [1.807, 2.05) is 60.7 Å². The molecule has 2 aromatic carbocycles. The first-order valence-corrected chi connectivity index (χ1v) is 6.82. The van der Waals surface area contributed by atoms with Gasteiger partial charge in [0.05, 0.1) is 21.2 Å². The lowest BCUT2D eigenvalue weighted by Crippen LogP contribution is -1.95. The molecule has 1 heterocycles. The van der Waals surface area contributed by atoms with E-state index in [0.717, 1.165) is 20.7 Å². The van der Waals surface area contributed by atoms with Crippen LogP contribution in [-0.4, -0.2) is 9.19 Å². The fourth-order valence-corrected chi connectivity index (χ4v) is 3.10. The Morgan fingerprint density at radius 1 is 0.833 bits per heavy atom. The smallest absolute Gasteiger partial charge is 0.0871 e. The van der Waals surface area contributed by atoms with Crippen molar-refractivity contribution in [3.05, 3.63) is 66.9 Å². The number of rotatable bonds is 2. The molecule has 0 fully saturated rings. The van der Waals surface area contributed by atoms with E-state index in [0.29, 0.717) is 0 Å². The lowest BCUT2D eigenvalue weighted by molar-refractivity contribution is 0.683. The van der Waals surface area contributed by atoms with Crippen LogP contribution < -0.4 is 0 Å². The van der Waals surface area contributed by atoms with E-state index in [2.05, 4.69) is 4.98 Å². The van der Waals surface area contributed by atoms with Crippen molar-refractivity contribution in [2.45, 2.75) is 9.79 Å². The molecule has 0 radical (unpaired) electrons. The summed E-state index contributed by atoms with van der Waals surface area (Å²) in [5.74, 6) is 0. The minimum absolute atomic E-state index is 0.763. The third-order valence-electron chi connectivity index (χ3n) is 2.75. The van der Waals surface area contributed by atoms with E-state index >= 15 is 0 Å². The second kappa shape index (κ2) is 4.70. The number of pyridine rings is 1. The summed E-state index contributed by atoms with van der Waals surface area (Å²) in [6, 6.07) is 19.1. The molecule has 0 aliphatic rings. The quantitative estimate of drug-likeness (QED) is 0.700. The van der Waals surface area contributed by atoms with Crippen LogP contribution in [0.3, 0.4) is 0 Å². The van der Waals surface area contributed by atoms with Crippen LogP contribution in [0.4, 0.5) is 0 Å². The molecule has 3 rings (SSSR count). The Bertz CT molecular complexity index is 705. The average molecular weight is 253 g/mol. The molecule has 18 heavy (non-hydrogen) atoms. The normalized spacial score (nSPS) is 12.4. The van der Waals surface area contributed by atoms with Crippen molar-refractivity contribution < 1.29 is 4.21 Å². The number of benzene rings is 2. The first-order chi connectivity index (χ1) is 8.86. The SMILES string of the molecule is O=[S@@](c1ccccc1)c1cccc2cccnc12. The Hall–Kier alpha value is -2.00. The standard InChI is InChI=1S/C15H11NOS/c17-18(13-8-2-1-3-9-13)14-10-4-6-12-7-5-11-16-15(12)14/h1-11H/t18-/m0/s1. The first kappa shape index (κ1) is 11.1. The number of para-hydroxylation sites is 1. The monoisotopic (exact) mass is 253 g/mol. The fraction of sp³-hybridized carbons (Fsp3) is 0. The predicted molar refractivity (Wildman–Crippen MR) is 72.9 cm³/mol. The highest BCUT2D eigenvalue weighted by Crippen LogP contribution is 2.23. The molecule has 88 valence electrons. The van der Waals surface area contributed by atoms with Crippen LogP contribution in [0.5, 0.6) is 0 Å². The van der Waals surface area contributed by atoms with E-state index in [1.165, 1.54) is 0 Å². The van der Waals surface area contributed by atoms with Gasteiger partial charge in [-0.25, -0.2) is 4.21 Å². The number of hydrogen-bond donors (Lipinski definition) is 0. The van der Waals surface area contributed by atoms with Crippen molar-refractivity contribution in [1.82, 2.24) is 4.98 Å². The Balaban J connectivity index is 2.18. The molecular weight excluding hydrogens is 242 g/mol. The van der Waals surface area contributed by atoms with Gasteiger partial charge in [-0.1, -0.05) is 36.4 Å².